The Kier molecular flexibility index (Phi) is 8.19. The number of piperidine rings is 1. The first-order valence-corrected chi connectivity index (χ1v) is 11.9. The van der Waals surface area contributed by atoms with Gasteiger partial charge in [0.15, 0.2) is 0 Å². The Morgan fingerprint density at radius 2 is 1.82 bits per heavy atom. The van der Waals surface area contributed by atoms with E-state index in [-0.39, 0.29) is 23.1 Å². The van der Waals surface area contributed by atoms with Gasteiger partial charge in [-0.3, -0.25) is 9.59 Å². The van der Waals surface area contributed by atoms with Crippen molar-refractivity contribution in [2.75, 3.05) is 40.3 Å². The average molecular weight is 474 g/mol. The summed E-state index contributed by atoms with van der Waals surface area (Å²) in [4.78, 5) is 29.9. The molecule has 3 rings (SSSR count). The van der Waals surface area contributed by atoms with Crippen LogP contribution in [0.5, 0.6) is 0 Å². The van der Waals surface area contributed by atoms with Crippen molar-refractivity contribution in [3.63, 3.8) is 0 Å². The third-order valence-electron chi connectivity index (χ3n) is 6.09. The molecule has 0 atom stereocenters. The molecule has 2 heterocycles. The Balaban J connectivity index is 1.57. The summed E-state index contributed by atoms with van der Waals surface area (Å²) in [7, 11) is 4.07. The van der Waals surface area contributed by atoms with Crippen LogP contribution in [0.4, 0.5) is 0 Å². The molecular formula is C25H36ClN5O2. The molecule has 0 unspecified atom stereocenters. The zero-order valence-electron chi connectivity index (χ0n) is 20.4. The second-order valence-corrected chi connectivity index (χ2v) is 10.4. The summed E-state index contributed by atoms with van der Waals surface area (Å²) in [5.41, 5.74) is 2.16. The van der Waals surface area contributed by atoms with E-state index in [0.29, 0.717) is 55.4 Å². The van der Waals surface area contributed by atoms with Gasteiger partial charge in [-0.1, -0.05) is 55.8 Å². The Morgan fingerprint density at radius 3 is 2.42 bits per heavy atom. The maximum absolute atomic E-state index is 13.2. The summed E-state index contributed by atoms with van der Waals surface area (Å²) in [5, 5.41) is 7.98. The molecule has 0 saturated carbocycles. The van der Waals surface area contributed by atoms with Crippen LogP contribution in [0.15, 0.2) is 30.3 Å². The number of nitrogens with zero attached hydrogens (tertiary/aromatic N) is 4. The third-order valence-corrected chi connectivity index (χ3v) is 6.48. The molecule has 0 aliphatic carbocycles. The Morgan fingerprint density at radius 1 is 1.18 bits per heavy atom. The average Bonchev–Trinajstić information content (AvgIpc) is 3.04. The topological polar surface area (TPSA) is 70.5 Å². The Labute approximate surface area is 202 Å². The second kappa shape index (κ2) is 10.7. The number of rotatable bonds is 8. The maximum atomic E-state index is 13.2. The quantitative estimate of drug-likeness (QED) is 0.637. The molecule has 33 heavy (non-hydrogen) atoms. The minimum atomic E-state index is -0.109. The van der Waals surface area contributed by atoms with Crippen molar-refractivity contribution >= 4 is 23.4 Å². The van der Waals surface area contributed by atoms with Gasteiger partial charge in [-0.05, 0) is 44.8 Å². The molecule has 1 fully saturated rings. The number of aromatic nitrogens is 2. The fourth-order valence-electron chi connectivity index (χ4n) is 4.54. The Hall–Kier alpha value is -2.38. The number of benzene rings is 1. The molecule has 1 saturated heterocycles. The van der Waals surface area contributed by atoms with Crippen molar-refractivity contribution in [3.8, 4) is 0 Å². The molecular weight excluding hydrogens is 438 g/mol. The van der Waals surface area contributed by atoms with Crippen molar-refractivity contribution in [1.29, 1.82) is 0 Å². The van der Waals surface area contributed by atoms with E-state index in [4.69, 9.17) is 11.6 Å². The van der Waals surface area contributed by atoms with Crippen molar-refractivity contribution in [3.05, 3.63) is 52.3 Å². The summed E-state index contributed by atoms with van der Waals surface area (Å²) < 4.78 is 1.68. The number of hydrogen-bond acceptors (Lipinski definition) is 4. The van der Waals surface area contributed by atoms with Crippen LogP contribution in [-0.2, 0) is 11.3 Å². The number of likely N-dealkylation sites (tertiary alicyclic amines) is 1. The molecule has 7 nitrogen and oxygen atoms in total. The van der Waals surface area contributed by atoms with E-state index in [9.17, 15) is 9.59 Å². The van der Waals surface area contributed by atoms with E-state index in [0.717, 1.165) is 12.1 Å². The lowest BCUT2D eigenvalue weighted by Gasteiger charge is -2.33. The Bertz CT molecular complexity index is 963. The zero-order valence-corrected chi connectivity index (χ0v) is 21.2. The minimum Gasteiger partial charge on any atom is -0.355 e. The summed E-state index contributed by atoms with van der Waals surface area (Å²) in [6, 6.07) is 9.91. The lowest BCUT2D eigenvalue weighted by Crippen LogP contribution is -2.46. The highest BCUT2D eigenvalue weighted by Gasteiger charge is 2.31. The molecule has 0 radical (unpaired) electrons. The molecule has 0 bridgehead atoms. The van der Waals surface area contributed by atoms with Gasteiger partial charge in [-0.25, -0.2) is 4.68 Å². The first-order valence-electron chi connectivity index (χ1n) is 11.6. The van der Waals surface area contributed by atoms with Crippen LogP contribution in [0.2, 0.25) is 5.15 Å². The molecule has 1 aliphatic heterocycles. The van der Waals surface area contributed by atoms with Crippen LogP contribution < -0.4 is 5.32 Å². The van der Waals surface area contributed by atoms with Crippen LogP contribution >= 0.6 is 11.6 Å². The van der Waals surface area contributed by atoms with E-state index in [2.05, 4.69) is 29.2 Å². The number of aryl methyl sites for hydroxylation is 1. The third kappa shape index (κ3) is 6.58. The maximum Gasteiger partial charge on any atom is 0.258 e. The second-order valence-electron chi connectivity index (χ2n) is 10.1. The SMILES string of the molecule is Cc1nn(Cc2ccccc2)c(Cl)c1C(=O)N1CCC(C(=O)NCC(C)(C)CN(C)C)CC1. The van der Waals surface area contributed by atoms with Crippen LogP contribution in [0, 0.1) is 18.3 Å². The molecule has 0 spiro atoms. The standard InChI is InChI=1S/C25H36ClN5O2/c1-18-21(22(26)31(28-18)15-19-9-7-6-8-10-19)24(33)30-13-11-20(12-14-30)23(32)27-16-25(2,3)17-29(4)5/h6-10,20H,11-17H2,1-5H3,(H,27,32). The predicted molar refractivity (Wildman–Crippen MR) is 131 cm³/mol. The highest BCUT2D eigenvalue weighted by atomic mass is 35.5. The van der Waals surface area contributed by atoms with Gasteiger partial charge < -0.3 is 15.1 Å². The van der Waals surface area contributed by atoms with Gasteiger partial charge in [0.2, 0.25) is 5.91 Å². The molecule has 2 amide bonds. The first-order chi connectivity index (χ1) is 15.6. The lowest BCUT2D eigenvalue weighted by molar-refractivity contribution is -0.126. The number of hydrogen-bond donors (Lipinski definition) is 1. The van der Waals surface area contributed by atoms with Gasteiger partial charge >= 0.3 is 0 Å². The molecule has 8 heteroatoms. The highest BCUT2D eigenvalue weighted by molar-refractivity contribution is 6.33. The molecule has 2 aromatic rings. The largest absolute Gasteiger partial charge is 0.355 e. The van der Waals surface area contributed by atoms with Gasteiger partial charge in [0, 0.05) is 32.1 Å². The number of carbonyl (C=O) groups excluding carboxylic acids is 2. The summed E-state index contributed by atoms with van der Waals surface area (Å²) in [6.07, 6.45) is 1.31. The molecule has 1 aliphatic rings. The highest BCUT2D eigenvalue weighted by Crippen LogP contribution is 2.26. The van der Waals surface area contributed by atoms with Crippen LogP contribution in [0.25, 0.3) is 0 Å². The van der Waals surface area contributed by atoms with Crippen LogP contribution in [-0.4, -0.2) is 71.7 Å². The minimum absolute atomic E-state index is 0.00398. The number of halogens is 1. The van der Waals surface area contributed by atoms with Gasteiger partial charge in [-0.2, -0.15) is 5.10 Å². The molecule has 180 valence electrons. The number of nitrogens with one attached hydrogen (secondary N) is 1. The predicted octanol–water partition coefficient (Wildman–Crippen LogP) is 3.45. The van der Waals surface area contributed by atoms with Gasteiger partial charge in [0.05, 0.1) is 17.8 Å². The number of amides is 2. The van der Waals surface area contributed by atoms with Crippen molar-refractivity contribution in [1.82, 2.24) is 24.9 Å². The van der Waals surface area contributed by atoms with E-state index >= 15 is 0 Å². The van der Waals surface area contributed by atoms with Gasteiger partial charge in [-0.15, -0.1) is 0 Å². The fraction of sp³-hybridized carbons (Fsp3) is 0.560. The van der Waals surface area contributed by atoms with Crippen LogP contribution in [0.1, 0.15) is 48.3 Å². The summed E-state index contributed by atoms with van der Waals surface area (Å²) >= 11 is 6.58. The van der Waals surface area contributed by atoms with E-state index in [1.807, 2.05) is 51.4 Å². The smallest absolute Gasteiger partial charge is 0.258 e. The van der Waals surface area contributed by atoms with E-state index in [1.165, 1.54) is 0 Å². The first kappa shape index (κ1) is 25.2. The molecule has 1 aromatic carbocycles. The van der Waals surface area contributed by atoms with Gasteiger partial charge in [0.25, 0.3) is 5.91 Å². The summed E-state index contributed by atoms with van der Waals surface area (Å²) in [6.45, 7) is 9.25. The van der Waals surface area contributed by atoms with E-state index in [1.54, 1.807) is 9.58 Å². The lowest BCUT2D eigenvalue weighted by atomic mass is 9.91. The van der Waals surface area contributed by atoms with Crippen molar-refractivity contribution in [2.45, 2.75) is 40.2 Å². The fourth-order valence-corrected chi connectivity index (χ4v) is 4.86. The zero-order chi connectivity index (χ0) is 24.2. The summed E-state index contributed by atoms with van der Waals surface area (Å²) in [5.74, 6) is -0.0943. The van der Waals surface area contributed by atoms with Crippen LogP contribution in [0.3, 0.4) is 0 Å². The van der Waals surface area contributed by atoms with Crippen molar-refractivity contribution in [2.24, 2.45) is 11.3 Å². The normalized spacial score (nSPS) is 15.2. The van der Waals surface area contributed by atoms with E-state index < -0.39 is 0 Å². The van der Waals surface area contributed by atoms with Gasteiger partial charge in [0.1, 0.15) is 5.15 Å². The molecule has 1 N–H and O–H groups in total. The number of carbonyl (C=O) groups is 2. The molecule has 1 aromatic heterocycles. The monoisotopic (exact) mass is 473 g/mol. The van der Waals surface area contributed by atoms with Crippen molar-refractivity contribution < 1.29 is 9.59 Å².